The van der Waals surface area contributed by atoms with Gasteiger partial charge in [-0.15, -0.1) is 0 Å². The molecule has 1 fully saturated rings. The molecule has 0 atom stereocenters. The molecule has 0 aliphatic carbocycles. The molecule has 0 N–H and O–H groups in total. The van der Waals surface area contributed by atoms with E-state index in [1.54, 1.807) is 0 Å². The summed E-state index contributed by atoms with van der Waals surface area (Å²) >= 11 is 0. The second-order valence-electron chi connectivity index (χ2n) is 9.43. The van der Waals surface area contributed by atoms with Gasteiger partial charge in [0.05, 0.1) is 23.7 Å². The maximum absolute atomic E-state index is 14.3. The van der Waals surface area contributed by atoms with Crippen molar-refractivity contribution in [2.45, 2.75) is 96.6 Å². The molecule has 1 aliphatic rings. The quantitative estimate of drug-likeness (QED) is 0.150. The first kappa shape index (κ1) is 29.1. The van der Waals surface area contributed by atoms with Crippen molar-refractivity contribution in [3.63, 3.8) is 0 Å². The lowest BCUT2D eigenvalue weighted by atomic mass is 9.96. The number of halogens is 4. The Labute approximate surface area is 206 Å². The van der Waals surface area contributed by atoms with Gasteiger partial charge < -0.3 is 9.64 Å². The molecule has 0 saturated carbocycles. The molecule has 1 aromatic rings. The fourth-order valence-electron chi connectivity index (χ4n) is 4.46. The summed E-state index contributed by atoms with van der Waals surface area (Å²) in [5.41, 5.74) is -2.05. The van der Waals surface area contributed by atoms with Crippen LogP contribution in [0.3, 0.4) is 0 Å². The molecule has 35 heavy (non-hydrogen) atoms. The highest BCUT2D eigenvalue weighted by Gasteiger charge is 2.37. The maximum atomic E-state index is 14.3. The first-order valence-corrected chi connectivity index (χ1v) is 13.1. The Balaban J connectivity index is 1.61. The summed E-state index contributed by atoms with van der Waals surface area (Å²) in [7, 11) is 0. The Kier molecular flexibility index (Phi) is 12.6. The molecule has 8 heteroatoms. The van der Waals surface area contributed by atoms with Gasteiger partial charge in [0.1, 0.15) is 5.82 Å². The molecule has 1 aromatic carbocycles. The number of esters is 1. The summed E-state index contributed by atoms with van der Waals surface area (Å²) in [6.45, 7) is 2.95. The third kappa shape index (κ3) is 9.80. The van der Waals surface area contributed by atoms with Gasteiger partial charge in [-0.3, -0.25) is 9.59 Å². The van der Waals surface area contributed by atoms with E-state index >= 15 is 0 Å². The highest BCUT2D eigenvalue weighted by atomic mass is 19.4. The van der Waals surface area contributed by atoms with E-state index in [2.05, 4.69) is 6.92 Å². The number of nitrogens with zero attached hydrogens (tertiary/aromatic N) is 1. The fourth-order valence-corrected chi connectivity index (χ4v) is 4.46. The van der Waals surface area contributed by atoms with Crippen molar-refractivity contribution in [1.29, 1.82) is 0 Å². The molecule has 2 rings (SSSR count). The number of unbranched alkanes of at least 4 members (excludes halogenated alkanes) is 10. The monoisotopic (exact) mass is 501 g/mol. The zero-order chi connectivity index (χ0) is 25.7. The molecule has 1 aliphatic heterocycles. The molecule has 1 amide bonds. The van der Waals surface area contributed by atoms with Crippen molar-refractivity contribution in [2.75, 3.05) is 19.7 Å². The second-order valence-corrected chi connectivity index (χ2v) is 9.43. The van der Waals surface area contributed by atoms with Gasteiger partial charge in [-0.25, -0.2) is 4.39 Å². The Bertz CT molecular complexity index is 789. The summed E-state index contributed by atoms with van der Waals surface area (Å²) in [4.78, 5) is 26.2. The molecule has 0 unspecified atom stereocenters. The predicted molar refractivity (Wildman–Crippen MR) is 127 cm³/mol. The van der Waals surface area contributed by atoms with E-state index in [0.717, 1.165) is 31.4 Å². The number of amides is 1. The fraction of sp³-hybridized carbons (Fsp3) is 0.704. The Morgan fingerprint density at radius 2 is 1.46 bits per heavy atom. The number of likely N-dealkylation sites (tertiary alicyclic amines) is 1. The van der Waals surface area contributed by atoms with E-state index < -0.39 is 29.0 Å². The van der Waals surface area contributed by atoms with Crippen LogP contribution in [0.2, 0.25) is 0 Å². The number of carbonyl (C=O) groups is 2. The van der Waals surface area contributed by atoms with Crippen LogP contribution in [0.15, 0.2) is 18.2 Å². The van der Waals surface area contributed by atoms with Crippen LogP contribution in [-0.4, -0.2) is 36.5 Å². The first-order chi connectivity index (χ1) is 16.8. The normalized spacial score (nSPS) is 14.8. The number of alkyl halides is 3. The highest BCUT2D eigenvalue weighted by molar-refractivity contribution is 5.95. The van der Waals surface area contributed by atoms with Gasteiger partial charge in [-0.05, 0) is 31.4 Å². The maximum Gasteiger partial charge on any atom is 0.419 e. The van der Waals surface area contributed by atoms with Gasteiger partial charge in [-0.1, -0.05) is 77.2 Å². The summed E-state index contributed by atoms with van der Waals surface area (Å²) in [6.07, 6.45) is 9.17. The van der Waals surface area contributed by atoms with Gasteiger partial charge in [0.2, 0.25) is 0 Å². The number of piperidine rings is 1. The van der Waals surface area contributed by atoms with Crippen molar-refractivity contribution >= 4 is 11.9 Å². The molecular weight excluding hydrogens is 462 g/mol. The van der Waals surface area contributed by atoms with Crippen molar-refractivity contribution in [3.05, 3.63) is 35.1 Å². The Morgan fingerprint density at radius 1 is 0.914 bits per heavy atom. The lowest BCUT2D eigenvalue weighted by Crippen LogP contribution is -2.41. The number of carbonyl (C=O) groups excluding carboxylic acids is 2. The van der Waals surface area contributed by atoms with Crippen LogP contribution in [0.5, 0.6) is 0 Å². The second kappa shape index (κ2) is 15.1. The Hall–Kier alpha value is -2.12. The molecule has 198 valence electrons. The largest absolute Gasteiger partial charge is 0.465 e. The van der Waals surface area contributed by atoms with Gasteiger partial charge in [0.15, 0.2) is 0 Å². The van der Waals surface area contributed by atoms with Crippen molar-refractivity contribution in [2.24, 2.45) is 5.92 Å². The number of benzene rings is 1. The first-order valence-electron chi connectivity index (χ1n) is 13.1. The lowest BCUT2D eigenvalue weighted by molar-refractivity contribution is -0.150. The van der Waals surface area contributed by atoms with Crippen molar-refractivity contribution in [3.8, 4) is 0 Å². The highest BCUT2D eigenvalue weighted by Crippen LogP contribution is 2.33. The van der Waals surface area contributed by atoms with E-state index in [1.807, 2.05) is 0 Å². The van der Waals surface area contributed by atoms with Crippen LogP contribution >= 0.6 is 0 Å². The van der Waals surface area contributed by atoms with Crippen LogP contribution in [0.25, 0.3) is 0 Å². The van der Waals surface area contributed by atoms with E-state index in [0.29, 0.717) is 25.5 Å². The predicted octanol–water partition coefficient (Wildman–Crippen LogP) is 7.55. The van der Waals surface area contributed by atoms with Gasteiger partial charge in [-0.2, -0.15) is 13.2 Å². The van der Waals surface area contributed by atoms with E-state index in [-0.39, 0.29) is 25.0 Å². The van der Waals surface area contributed by atoms with Gasteiger partial charge >= 0.3 is 12.1 Å². The van der Waals surface area contributed by atoms with E-state index in [9.17, 15) is 27.2 Å². The van der Waals surface area contributed by atoms with Gasteiger partial charge in [0.25, 0.3) is 5.91 Å². The zero-order valence-electron chi connectivity index (χ0n) is 20.8. The number of ether oxygens (including phenoxy) is 1. The van der Waals surface area contributed by atoms with Crippen LogP contribution < -0.4 is 0 Å². The van der Waals surface area contributed by atoms with Crippen molar-refractivity contribution < 1.29 is 31.9 Å². The summed E-state index contributed by atoms with van der Waals surface area (Å²) in [5.74, 6) is -2.99. The van der Waals surface area contributed by atoms with E-state index in [4.69, 9.17) is 4.74 Å². The minimum absolute atomic E-state index is 0.173. The Morgan fingerprint density at radius 3 is 2.00 bits per heavy atom. The average Bonchev–Trinajstić information content (AvgIpc) is 2.83. The van der Waals surface area contributed by atoms with Crippen LogP contribution in [0, 0.1) is 11.7 Å². The van der Waals surface area contributed by atoms with E-state index in [1.165, 1.54) is 56.3 Å². The summed E-state index contributed by atoms with van der Waals surface area (Å²) < 4.78 is 58.4. The molecule has 4 nitrogen and oxygen atoms in total. The molecule has 1 saturated heterocycles. The number of hydrogen-bond donors (Lipinski definition) is 0. The van der Waals surface area contributed by atoms with Crippen molar-refractivity contribution in [1.82, 2.24) is 4.90 Å². The SMILES string of the molecule is CCCCCCCCCCCCCOC(=O)C1CCN(C(=O)c2cccc(C(F)(F)F)c2F)CC1. The molecular formula is C27H39F4NO3. The average molecular weight is 502 g/mol. The van der Waals surface area contributed by atoms with Crippen LogP contribution in [0.1, 0.15) is 106 Å². The molecule has 0 spiro atoms. The standard InChI is InChI=1S/C27H39F4NO3/c1-2-3-4-5-6-7-8-9-10-11-12-20-35-26(34)21-16-18-32(19-17-21)25(33)22-14-13-15-23(24(22)28)27(29,30)31/h13-15,21H,2-12,16-20H2,1H3. The van der Waals surface area contributed by atoms with Crippen LogP contribution in [0.4, 0.5) is 17.6 Å². The van der Waals surface area contributed by atoms with Gasteiger partial charge in [0, 0.05) is 13.1 Å². The third-order valence-corrected chi connectivity index (χ3v) is 6.64. The molecule has 0 bridgehead atoms. The molecule has 0 radical (unpaired) electrons. The zero-order valence-corrected chi connectivity index (χ0v) is 20.8. The smallest absolute Gasteiger partial charge is 0.419 e. The number of hydrogen-bond acceptors (Lipinski definition) is 3. The molecule has 0 aromatic heterocycles. The third-order valence-electron chi connectivity index (χ3n) is 6.64. The minimum atomic E-state index is -4.87. The molecule has 1 heterocycles. The number of rotatable bonds is 14. The summed E-state index contributed by atoms with van der Waals surface area (Å²) in [6, 6.07) is 2.70. The lowest BCUT2D eigenvalue weighted by Gasteiger charge is -2.31. The minimum Gasteiger partial charge on any atom is -0.465 e. The topological polar surface area (TPSA) is 46.6 Å². The van der Waals surface area contributed by atoms with Crippen LogP contribution in [-0.2, 0) is 15.7 Å². The summed E-state index contributed by atoms with van der Waals surface area (Å²) in [5, 5.41) is 0.